The third kappa shape index (κ3) is 10.4. The number of aliphatic carboxylic acids is 1. The molecule has 0 bridgehead atoms. The molecule has 0 spiro atoms. The second-order valence-corrected chi connectivity index (χ2v) is 2.84. The van der Waals surface area contributed by atoms with E-state index in [1.807, 2.05) is 11.9 Å². The van der Waals surface area contributed by atoms with E-state index in [0.29, 0.717) is 0 Å². The average molecular weight is 183 g/mol. The van der Waals surface area contributed by atoms with Crippen molar-refractivity contribution in [1.29, 1.82) is 0 Å². The zero-order valence-electron chi connectivity index (χ0n) is 9.34. The van der Waals surface area contributed by atoms with Crippen molar-refractivity contribution < 1.29 is 40.9 Å². The molecule has 0 rings (SSSR count). The van der Waals surface area contributed by atoms with Gasteiger partial charge in [-0.15, -0.1) is 0 Å². The smallest absolute Gasteiger partial charge is 1.00 e. The summed E-state index contributed by atoms with van der Waals surface area (Å²) >= 11 is 0. The molecule has 0 aromatic carbocycles. The molecular weight excluding hydrogens is 165 g/mol. The van der Waals surface area contributed by atoms with Gasteiger partial charge in [-0.05, 0) is 20.0 Å². The SMILES string of the molecule is CCCCCN(C)CC(=O)O.[H-].[Na+]. The molecule has 0 saturated carbocycles. The minimum atomic E-state index is -0.746. The predicted octanol–water partition coefficient (Wildman–Crippen LogP) is -1.69. The first-order valence-electron chi connectivity index (χ1n) is 4.07. The maximum Gasteiger partial charge on any atom is 1.00 e. The van der Waals surface area contributed by atoms with E-state index < -0.39 is 5.97 Å². The van der Waals surface area contributed by atoms with E-state index in [2.05, 4.69) is 6.92 Å². The maximum absolute atomic E-state index is 10.2. The van der Waals surface area contributed by atoms with Gasteiger partial charge in [0, 0.05) is 0 Å². The molecule has 4 heteroatoms. The Morgan fingerprint density at radius 1 is 1.50 bits per heavy atom. The molecule has 0 radical (unpaired) electrons. The van der Waals surface area contributed by atoms with Gasteiger partial charge in [0.05, 0.1) is 6.54 Å². The molecule has 0 atom stereocenters. The van der Waals surface area contributed by atoms with E-state index in [4.69, 9.17) is 5.11 Å². The molecule has 0 aliphatic heterocycles. The Kier molecular flexibility index (Phi) is 11.8. The second kappa shape index (κ2) is 9.52. The Morgan fingerprint density at radius 3 is 2.50 bits per heavy atom. The predicted molar refractivity (Wildman–Crippen MR) is 45.8 cm³/mol. The fourth-order valence-corrected chi connectivity index (χ4v) is 0.942. The van der Waals surface area contributed by atoms with Crippen LogP contribution in [0.4, 0.5) is 0 Å². The van der Waals surface area contributed by atoms with Gasteiger partial charge in [-0.1, -0.05) is 19.8 Å². The number of unbranched alkanes of at least 4 members (excludes halogenated alkanes) is 2. The van der Waals surface area contributed by atoms with E-state index >= 15 is 0 Å². The molecule has 0 saturated heterocycles. The quantitative estimate of drug-likeness (QED) is 0.394. The normalized spacial score (nSPS) is 9.58. The number of carboxylic acid groups (broad SMARTS) is 1. The van der Waals surface area contributed by atoms with Crippen LogP contribution in [0.25, 0.3) is 0 Å². The van der Waals surface area contributed by atoms with Crippen LogP contribution in [0.15, 0.2) is 0 Å². The minimum absolute atomic E-state index is 0. The van der Waals surface area contributed by atoms with Crippen molar-refractivity contribution in [2.45, 2.75) is 26.2 Å². The van der Waals surface area contributed by atoms with Crippen molar-refractivity contribution in [1.82, 2.24) is 4.90 Å². The number of carbonyl (C=O) groups is 1. The third-order valence-corrected chi connectivity index (χ3v) is 1.55. The first kappa shape index (κ1) is 14.9. The molecule has 0 fully saturated rings. The number of nitrogens with zero attached hydrogens (tertiary/aromatic N) is 1. The van der Waals surface area contributed by atoms with Gasteiger partial charge in [0.2, 0.25) is 0 Å². The molecule has 0 heterocycles. The Balaban J connectivity index is -0.000000500. The fourth-order valence-electron chi connectivity index (χ4n) is 0.942. The standard InChI is InChI=1S/C8H17NO2.Na.H/c1-3-4-5-6-9(2)7-8(10)11;;/h3-7H2,1-2H3,(H,10,11);;/q;+1;-1. The molecule has 3 nitrogen and oxygen atoms in total. The van der Waals surface area contributed by atoms with Crippen molar-refractivity contribution in [3.63, 3.8) is 0 Å². The monoisotopic (exact) mass is 183 g/mol. The number of rotatable bonds is 6. The van der Waals surface area contributed by atoms with Gasteiger partial charge < -0.3 is 6.53 Å². The van der Waals surface area contributed by atoms with Crippen molar-refractivity contribution in [3.05, 3.63) is 0 Å². The second-order valence-electron chi connectivity index (χ2n) is 2.84. The first-order chi connectivity index (χ1) is 5.16. The Morgan fingerprint density at radius 2 is 2.08 bits per heavy atom. The molecule has 1 N–H and O–H groups in total. The van der Waals surface area contributed by atoms with Crippen LogP contribution in [0.1, 0.15) is 27.6 Å². The largest absolute Gasteiger partial charge is 1.00 e. The Bertz CT molecular complexity index is 125. The molecule has 0 amide bonds. The van der Waals surface area contributed by atoms with Gasteiger partial charge in [-0.3, -0.25) is 9.69 Å². The van der Waals surface area contributed by atoms with E-state index in [1.165, 1.54) is 12.8 Å². The topological polar surface area (TPSA) is 40.5 Å². The number of hydrogen-bond donors (Lipinski definition) is 1. The van der Waals surface area contributed by atoms with Gasteiger partial charge in [-0.2, -0.15) is 0 Å². The average Bonchev–Trinajstić information content (AvgIpc) is 1.86. The van der Waals surface area contributed by atoms with Crippen molar-refractivity contribution in [3.8, 4) is 0 Å². The summed E-state index contributed by atoms with van der Waals surface area (Å²) in [5.41, 5.74) is 0. The van der Waals surface area contributed by atoms with Gasteiger partial charge in [-0.25, -0.2) is 0 Å². The van der Waals surface area contributed by atoms with E-state index in [0.717, 1.165) is 13.0 Å². The van der Waals surface area contributed by atoms with Crippen LogP contribution in [0, 0.1) is 0 Å². The number of carboxylic acids is 1. The zero-order chi connectivity index (χ0) is 8.69. The van der Waals surface area contributed by atoms with Crippen LogP contribution in [0.2, 0.25) is 0 Å². The van der Waals surface area contributed by atoms with Crippen LogP contribution in [-0.2, 0) is 4.79 Å². The van der Waals surface area contributed by atoms with Crippen molar-refractivity contribution in [2.24, 2.45) is 0 Å². The van der Waals surface area contributed by atoms with Gasteiger partial charge >= 0.3 is 35.5 Å². The molecule has 0 unspecified atom stereocenters. The molecule has 12 heavy (non-hydrogen) atoms. The number of hydrogen-bond acceptors (Lipinski definition) is 2. The third-order valence-electron chi connectivity index (χ3n) is 1.55. The van der Waals surface area contributed by atoms with Gasteiger partial charge in [0.25, 0.3) is 0 Å². The van der Waals surface area contributed by atoms with Crippen LogP contribution in [0.5, 0.6) is 0 Å². The van der Waals surface area contributed by atoms with Crippen LogP contribution in [-0.4, -0.2) is 36.1 Å². The summed E-state index contributed by atoms with van der Waals surface area (Å²) in [6, 6.07) is 0. The van der Waals surface area contributed by atoms with Crippen LogP contribution in [0.3, 0.4) is 0 Å². The summed E-state index contributed by atoms with van der Waals surface area (Å²) in [5, 5.41) is 8.40. The Labute approximate surface area is 97.9 Å². The van der Waals surface area contributed by atoms with E-state index in [-0.39, 0.29) is 37.5 Å². The summed E-state index contributed by atoms with van der Waals surface area (Å²) in [6.45, 7) is 3.18. The molecular formula is C8H18NNaO2. The number of likely N-dealkylation sites (N-methyl/N-ethyl adjacent to an activating group) is 1. The summed E-state index contributed by atoms with van der Waals surface area (Å²) < 4.78 is 0. The minimum Gasteiger partial charge on any atom is -1.00 e. The molecule has 68 valence electrons. The van der Waals surface area contributed by atoms with Crippen molar-refractivity contribution >= 4 is 5.97 Å². The first-order valence-corrected chi connectivity index (χ1v) is 4.07. The van der Waals surface area contributed by atoms with Gasteiger partial charge in [0.1, 0.15) is 0 Å². The summed E-state index contributed by atoms with van der Waals surface area (Å²) in [6.07, 6.45) is 3.46. The molecule has 0 aliphatic rings. The van der Waals surface area contributed by atoms with Gasteiger partial charge in [0.15, 0.2) is 0 Å². The maximum atomic E-state index is 10.2. The van der Waals surface area contributed by atoms with E-state index in [1.54, 1.807) is 0 Å². The molecule has 0 aromatic rings. The van der Waals surface area contributed by atoms with E-state index in [9.17, 15) is 4.79 Å². The Hall–Kier alpha value is 0.430. The zero-order valence-corrected chi connectivity index (χ0v) is 10.3. The summed E-state index contributed by atoms with van der Waals surface area (Å²) in [4.78, 5) is 12.0. The summed E-state index contributed by atoms with van der Waals surface area (Å²) in [7, 11) is 1.84. The van der Waals surface area contributed by atoms with Crippen LogP contribution >= 0.6 is 0 Å². The fraction of sp³-hybridized carbons (Fsp3) is 0.875. The molecule has 0 aliphatic carbocycles. The molecule has 0 aromatic heterocycles. The van der Waals surface area contributed by atoms with Crippen LogP contribution < -0.4 is 29.6 Å². The summed E-state index contributed by atoms with van der Waals surface area (Å²) in [5.74, 6) is -0.746. The van der Waals surface area contributed by atoms with Crippen molar-refractivity contribution in [2.75, 3.05) is 20.1 Å².